The van der Waals surface area contributed by atoms with E-state index in [0.29, 0.717) is 24.2 Å². The maximum absolute atomic E-state index is 11.3. The topological polar surface area (TPSA) is 26.3 Å². The Morgan fingerprint density at radius 3 is 2.50 bits per heavy atom. The minimum Gasteiger partial charge on any atom is -0.462 e. The normalized spacial score (nSPS) is 29.7. The summed E-state index contributed by atoms with van der Waals surface area (Å²) in [6.07, 6.45) is 4.20. The van der Waals surface area contributed by atoms with Crippen LogP contribution in [0, 0.1) is 17.8 Å². The van der Waals surface area contributed by atoms with Crippen molar-refractivity contribution >= 4 is 18.4 Å². The molecule has 1 rings (SSSR count). The number of carbonyl (C=O) groups is 1. The summed E-state index contributed by atoms with van der Waals surface area (Å²) in [7, 11) is 0. The van der Waals surface area contributed by atoms with E-state index in [9.17, 15) is 4.79 Å². The minimum atomic E-state index is -0.0419. The zero-order valence-corrected chi connectivity index (χ0v) is 11.7. The maximum atomic E-state index is 11.3. The van der Waals surface area contributed by atoms with Gasteiger partial charge in [0.15, 0.2) is 0 Å². The second kappa shape index (κ2) is 7.16. The molecule has 0 heterocycles. The van der Waals surface area contributed by atoms with Crippen molar-refractivity contribution in [2.75, 3.05) is 0 Å². The Balaban J connectivity index is 0.00000225. The van der Waals surface area contributed by atoms with Gasteiger partial charge in [0.25, 0.3) is 0 Å². The van der Waals surface area contributed by atoms with Gasteiger partial charge in [0.1, 0.15) is 6.10 Å². The summed E-state index contributed by atoms with van der Waals surface area (Å²) in [4.78, 5) is 11.3. The summed E-state index contributed by atoms with van der Waals surface area (Å²) in [5, 5.41) is 0. The first-order valence-electron chi connectivity index (χ1n) is 6.24. The second-order valence-electron chi connectivity index (χ2n) is 5.21. The number of esters is 1. The van der Waals surface area contributed by atoms with Crippen LogP contribution in [-0.2, 0) is 9.53 Å². The van der Waals surface area contributed by atoms with E-state index in [-0.39, 0.29) is 24.5 Å². The van der Waals surface area contributed by atoms with Crippen LogP contribution in [0.25, 0.3) is 0 Å². The highest BCUT2D eigenvalue weighted by Crippen LogP contribution is 2.35. The van der Waals surface area contributed by atoms with Crippen molar-refractivity contribution in [2.45, 2.75) is 59.5 Å². The lowest BCUT2D eigenvalue weighted by atomic mass is 9.75. The van der Waals surface area contributed by atoms with Crippen LogP contribution < -0.4 is 0 Å². The molecule has 96 valence electrons. The Kier molecular flexibility index (Phi) is 7.05. The van der Waals surface area contributed by atoms with Crippen LogP contribution in [0.1, 0.15) is 53.4 Å². The molecule has 16 heavy (non-hydrogen) atoms. The molecular formula is C13H25ClO2. The number of hydrogen-bond acceptors (Lipinski definition) is 2. The predicted octanol–water partition coefficient (Wildman–Crippen LogP) is 3.82. The van der Waals surface area contributed by atoms with Gasteiger partial charge in [-0.3, -0.25) is 4.79 Å². The van der Waals surface area contributed by atoms with Crippen LogP contribution in [0.4, 0.5) is 0 Å². The lowest BCUT2D eigenvalue weighted by Gasteiger charge is -2.36. The molecule has 0 aliphatic heterocycles. The summed E-state index contributed by atoms with van der Waals surface area (Å²) >= 11 is 0. The first-order valence-corrected chi connectivity index (χ1v) is 6.24. The highest BCUT2D eigenvalue weighted by Gasteiger charge is 2.32. The highest BCUT2D eigenvalue weighted by atomic mass is 35.5. The van der Waals surface area contributed by atoms with Gasteiger partial charge < -0.3 is 4.74 Å². The van der Waals surface area contributed by atoms with Gasteiger partial charge in [0.05, 0.1) is 0 Å². The fourth-order valence-electron chi connectivity index (χ4n) is 2.50. The van der Waals surface area contributed by atoms with Crippen molar-refractivity contribution in [3.05, 3.63) is 0 Å². The molecular weight excluding hydrogens is 224 g/mol. The van der Waals surface area contributed by atoms with Crippen molar-refractivity contribution in [1.82, 2.24) is 0 Å². The average Bonchev–Trinajstić information content (AvgIpc) is 2.17. The summed E-state index contributed by atoms with van der Waals surface area (Å²) in [5.74, 6) is 1.85. The Morgan fingerprint density at radius 1 is 1.38 bits per heavy atom. The molecule has 1 aliphatic carbocycles. The summed E-state index contributed by atoms with van der Waals surface area (Å²) in [6, 6.07) is 0. The number of halogens is 1. The Bertz CT molecular complexity index is 216. The molecule has 1 fully saturated rings. The molecule has 3 unspecified atom stereocenters. The molecule has 0 aromatic carbocycles. The van der Waals surface area contributed by atoms with Gasteiger partial charge in [-0.05, 0) is 30.6 Å². The second-order valence-corrected chi connectivity index (χ2v) is 5.21. The van der Waals surface area contributed by atoms with Gasteiger partial charge in [0, 0.05) is 6.42 Å². The van der Waals surface area contributed by atoms with Crippen LogP contribution in [0.2, 0.25) is 0 Å². The fraction of sp³-hybridized carbons (Fsp3) is 0.923. The van der Waals surface area contributed by atoms with Crippen LogP contribution in [-0.4, -0.2) is 12.1 Å². The van der Waals surface area contributed by atoms with E-state index in [2.05, 4.69) is 20.8 Å². The molecule has 0 amide bonds. The smallest absolute Gasteiger partial charge is 0.305 e. The molecule has 2 nitrogen and oxygen atoms in total. The van der Waals surface area contributed by atoms with Gasteiger partial charge in [-0.2, -0.15) is 0 Å². The summed E-state index contributed by atoms with van der Waals surface area (Å²) in [5.41, 5.74) is 0. The molecule has 0 radical (unpaired) electrons. The number of ether oxygens (including phenoxy) is 1. The largest absolute Gasteiger partial charge is 0.462 e. The lowest BCUT2D eigenvalue weighted by molar-refractivity contribution is -0.155. The molecule has 0 bridgehead atoms. The summed E-state index contributed by atoms with van der Waals surface area (Å²) in [6.45, 7) is 8.57. The molecule has 0 saturated heterocycles. The molecule has 0 N–H and O–H groups in total. The van der Waals surface area contributed by atoms with Crippen molar-refractivity contribution in [2.24, 2.45) is 17.8 Å². The van der Waals surface area contributed by atoms with Crippen molar-refractivity contribution in [1.29, 1.82) is 0 Å². The predicted molar refractivity (Wildman–Crippen MR) is 68.8 cm³/mol. The molecule has 0 aromatic heterocycles. The monoisotopic (exact) mass is 248 g/mol. The van der Waals surface area contributed by atoms with Gasteiger partial charge in [-0.1, -0.05) is 34.1 Å². The van der Waals surface area contributed by atoms with E-state index < -0.39 is 0 Å². The Morgan fingerprint density at radius 2 is 2.00 bits per heavy atom. The van der Waals surface area contributed by atoms with Crippen LogP contribution >= 0.6 is 12.4 Å². The van der Waals surface area contributed by atoms with Crippen LogP contribution in [0.5, 0.6) is 0 Å². The zero-order valence-electron chi connectivity index (χ0n) is 10.9. The molecule has 1 saturated carbocycles. The maximum Gasteiger partial charge on any atom is 0.305 e. The van der Waals surface area contributed by atoms with Gasteiger partial charge >= 0.3 is 5.97 Å². The number of rotatable bonds is 3. The quantitative estimate of drug-likeness (QED) is 0.710. The lowest BCUT2D eigenvalue weighted by Crippen LogP contribution is -2.35. The van der Waals surface area contributed by atoms with E-state index in [4.69, 9.17) is 4.74 Å². The van der Waals surface area contributed by atoms with Crippen molar-refractivity contribution in [3.63, 3.8) is 0 Å². The van der Waals surface area contributed by atoms with E-state index in [1.165, 1.54) is 12.8 Å². The van der Waals surface area contributed by atoms with Gasteiger partial charge in [-0.25, -0.2) is 0 Å². The average molecular weight is 249 g/mol. The van der Waals surface area contributed by atoms with E-state index >= 15 is 0 Å². The minimum absolute atomic E-state index is 0. The molecule has 0 aromatic rings. The third-order valence-corrected chi connectivity index (χ3v) is 3.53. The first-order chi connectivity index (χ1) is 7.04. The standard InChI is InChI=1S/C13H24O2.ClH/c1-5-13(14)15-12-8-10(4)6-7-11(12)9(2)3;/h9-12H,5-8H2,1-4H3;1H. The molecule has 3 heteroatoms. The van der Waals surface area contributed by atoms with E-state index in [1.807, 2.05) is 6.92 Å². The molecule has 0 spiro atoms. The summed E-state index contributed by atoms with van der Waals surface area (Å²) < 4.78 is 5.55. The number of carbonyl (C=O) groups excluding carboxylic acids is 1. The van der Waals surface area contributed by atoms with Crippen LogP contribution in [0.3, 0.4) is 0 Å². The third kappa shape index (κ3) is 4.32. The van der Waals surface area contributed by atoms with Crippen molar-refractivity contribution < 1.29 is 9.53 Å². The SMILES string of the molecule is CCC(=O)OC1CC(C)CCC1C(C)C.Cl. The molecule has 3 atom stereocenters. The van der Waals surface area contributed by atoms with Gasteiger partial charge in [0.2, 0.25) is 0 Å². The number of hydrogen-bond donors (Lipinski definition) is 0. The fourth-order valence-corrected chi connectivity index (χ4v) is 2.50. The highest BCUT2D eigenvalue weighted by molar-refractivity contribution is 5.85. The Labute approximate surface area is 106 Å². The van der Waals surface area contributed by atoms with E-state index in [0.717, 1.165) is 6.42 Å². The molecule has 1 aliphatic rings. The first kappa shape index (κ1) is 15.8. The Hall–Kier alpha value is -0.240. The van der Waals surface area contributed by atoms with Crippen LogP contribution in [0.15, 0.2) is 0 Å². The van der Waals surface area contributed by atoms with E-state index in [1.54, 1.807) is 0 Å². The third-order valence-electron chi connectivity index (χ3n) is 3.53. The zero-order chi connectivity index (χ0) is 11.4. The van der Waals surface area contributed by atoms with Crippen molar-refractivity contribution in [3.8, 4) is 0 Å². The van der Waals surface area contributed by atoms with Gasteiger partial charge in [-0.15, -0.1) is 12.4 Å².